The molecule has 0 bridgehead atoms. The van der Waals surface area contributed by atoms with Crippen molar-refractivity contribution >= 4 is 11.6 Å². The van der Waals surface area contributed by atoms with Crippen LogP contribution in [-0.2, 0) is 4.79 Å². The van der Waals surface area contributed by atoms with Gasteiger partial charge in [0.15, 0.2) is 0 Å². The average Bonchev–Trinajstić information content (AvgIpc) is 2.27. The first-order chi connectivity index (χ1) is 8.01. The van der Waals surface area contributed by atoms with Gasteiger partial charge in [0, 0.05) is 0 Å². The second-order valence-corrected chi connectivity index (χ2v) is 4.12. The van der Waals surface area contributed by atoms with Crippen molar-refractivity contribution in [3.8, 4) is 5.75 Å². The molecular weight excluding hydrogens is 216 g/mol. The van der Waals surface area contributed by atoms with E-state index in [1.54, 1.807) is 14.2 Å². The molecule has 1 aromatic rings. The van der Waals surface area contributed by atoms with Gasteiger partial charge in [-0.3, -0.25) is 4.79 Å². The number of benzene rings is 1. The Morgan fingerprint density at radius 2 is 1.94 bits per heavy atom. The van der Waals surface area contributed by atoms with Crippen molar-refractivity contribution in [3.05, 3.63) is 22.8 Å². The highest BCUT2D eigenvalue weighted by Crippen LogP contribution is 2.33. The molecule has 0 spiro atoms. The van der Waals surface area contributed by atoms with Gasteiger partial charge in [0.05, 0.1) is 19.3 Å². The molecule has 17 heavy (non-hydrogen) atoms. The summed E-state index contributed by atoms with van der Waals surface area (Å²) in [6.45, 7) is 6.27. The third-order valence-electron chi connectivity index (χ3n) is 2.79. The molecule has 94 valence electrons. The summed E-state index contributed by atoms with van der Waals surface area (Å²) >= 11 is 0. The van der Waals surface area contributed by atoms with Crippen LogP contribution >= 0.6 is 0 Å². The lowest BCUT2D eigenvalue weighted by molar-refractivity contribution is -0.115. The molecule has 0 fully saturated rings. The van der Waals surface area contributed by atoms with E-state index in [9.17, 15) is 4.79 Å². The summed E-state index contributed by atoms with van der Waals surface area (Å²) in [6.07, 6.45) is 0. The van der Waals surface area contributed by atoms with Crippen molar-refractivity contribution in [2.24, 2.45) is 0 Å². The molecule has 4 heteroatoms. The summed E-state index contributed by atoms with van der Waals surface area (Å²) in [5.74, 6) is 0.670. The fraction of sp³-hybridized carbons (Fsp3) is 0.462. The smallest absolute Gasteiger partial charge is 0.238 e. The first kappa shape index (κ1) is 13.5. The van der Waals surface area contributed by atoms with Crippen LogP contribution in [0.4, 0.5) is 5.69 Å². The Kier molecular flexibility index (Phi) is 4.52. The van der Waals surface area contributed by atoms with Crippen LogP contribution in [0.3, 0.4) is 0 Å². The number of methoxy groups -OCH3 is 1. The van der Waals surface area contributed by atoms with Crippen molar-refractivity contribution < 1.29 is 9.53 Å². The monoisotopic (exact) mass is 236 g/mol. The lowest BCUT2D eigenvalue weighted by Crippen LogP contribution is -2.25. The van der Waals surface area contributed by atoms with E-state index in [1.807, 2.05) is 26.8 Å². The Hall–Kier alpha value is -1.55. The van der Waals surface area contributed by atoms with Crippen LogP contribution in [0.1, 0.15) is 16.7 Å². The molecule has 0 unspecified atom stereocenters. The topological polar surface area (TPSA) is 50.4 Å². The summed E-state index contributed by atoms with van der Waals surface area (Å²) in [5.41, 5.74) is 3.98. The van der Waals surface area contributed by atoms with Gasteiger partial charge in [0.25, 0.3) is 0 Å². The molecule has 1 rings (SSSR count). The van der Waals surface area contributed by atoms with Crippen molar-refractivity contribution in [1.29, 1.82) is 0 Å². The fourth-order valence-electron chi connectivity index (χ4n) is 1.81. The van der Waals surface area contributed by atoms with E-state index in [4.69, 9.17) is 4.74 Å². The number of carbonyl (C=O) groups is 1. The molecule has 0 aliphatic rings. The Morgan fingerprint density at radius 1 is 1.29 bits per heavy atom. The SMILES string of the molecule is CNCC(=O)Nc1c(C)cc(C)c(C)c1OC. The fourth-order valence-corrected chi connectivity index (χ4v) is 1.81. The highest BCUT2D eigenvalue weighted by molar-refractivity contribution is 5.95. The van der Waals surface area contributed by atoms with Crippen molar-refractivity contribution in [1.82, 2.24) is 5.32 Å². The Bertz CT molecular complexity index is 428. The van der Waals surface area contributed by atoms with Crippen LogP contribution in [0.5, 0.6) is 5.75 Å². The number of likely N-dealkylation sites (N-methyl/N-ethyl adjacent to an activating group) is 1. The molecular formula is C13H20N2O2. The van der Waals surface area contributed by atoms with Crippen LogP contribution in [0, 0.1) is 20.8 Å². The zero-order valence-corrected chi connectivity index (χ0v) is 11.1. The van der Waals surface area contributed by atoms with Crippen molar-refractivity contribution in [2.45, 2.75) is 20.8 Å². The number of carbonyl (C=O) groups excluding carboxylic acids is 1. The van der Waals surface area contributed by atoms with E-state index in [0.29, 0.717) is 0 Å². The summed E-state index contributed by atoms with van der Waals surface area (Å²) in [6, 6.07) is 2.05. The van der Waals surface area contributed by atoms with Gasteiger partial charge in [0.1, 0.15) is 5.75 Å². The normalized spacial score (nSPS) is 10.2. The van der Waals surface area contributed by atoms with E-state index in [2.05, 4.69) is 10.6 Å². The number of nitrogens with one attached hydrogen (secondary N) is 2. The zero-order valence-electron chi connectivity index (χ0n) is 11.1. The van der Waals surface area contributed by atoms with Gasteiger partial charge in [-0.15, -0.1) is 0 Å². The maximum absolute atomic E-state index is 11.6. The first-order valence-electron chi connectivity index (χ1n) is 5.60. The second-order valence-electron chi connectivity index (χ2n) is 4.12. The maximum Gasteiger partial charge on any atom is 0.238 e. The summed E-state index contributed by atoms with van der Waals surface area (Å²) < 4.78 is 5.38. The van der Waals surface area contributed by atoms with Crippen molar-refractivity contribution in [3.63, 3.8) is 0 Å². The highest BCUT2D eigenvalue weighted by atomic mass is 16.5. The van der Waals surface area contributed by atoms with Gasteiger partial charge in [-0.2, -0.15) is 0 Å². The molecule has 1 aromatic carbocycles. The van der Waals surface area contributed by atoms with Crippen LogP contribution < -0.4 is 15.4 Å². The third kappa shape index (κ3) is 2.97. The summed E-state index contributed by atoms with van der Waals surface area (Å²) in [5, 5.41) is 5.69. The Balaban J connectivity index is 3.14. The van der Waals surface area contributed by atoms with E-state index < -0.39 is 0 Å². The standard InChI is InChI=1S/C13H20N2O2/c1-8-6-9(2)12(13(17-5)10(8)3)15-11(16)7-14-4/h6,14H,7H2,1-5H3,(H,15,16). The number of amides is 1. The molecule has 1 amide bonds. The molecule has 0 saturated carbocycles. The molecule has 0 heterocycles. The first-order valence-corrected chi connectivity index (χ1v) is 5.60. The third-order valence-corrected chi connectivity index (χ3v) is 2.79. The quantitative estimate of drug-likeness (QED) is 0.837. The van der Waals surface area contributed by atoms with Crippen LogP contribution in [-0.4, -0.2) is 26.6 Å². The van der Waals surface area contributed by atoms with E-state index in [1.165, 1.54) is 0 Å². The Morgan fingerprint density at radius 3 is 2.47 bits per heavy atom. The largest absolute Gasteiger partial charge is 0.494 e. The number of aryl methyl sites for hydroxylation is 2. The van der Waals surface area contributed by atoms with Crippen LogP contribution in [0.25, 0.3) is 0 Å². The van der Waals surface area contributed by atoms with Gasteiger partial charge in [0.2, 0.25) is 5.91 Å². The van der Waals surface area contributed by atoms with Gasteiger partial charge < -0.3 is 15.4 Å². The number of ether oxygens (including phenoxy) is 1. The Labute approximate surface area is 102 Å². The molecule has 0 saturated heterocycles. The number of anilines is 1. The molecule has 2 N–H and O–H groups in total. The van der Waals surface area contributed by atoms with Crippen LogP contribution in [0.2, 0.25) is 0 Å². The zero-order chi connectivity index (χ0) is 13.0. The van der Waals surface area contributed by atoms with Gasteiger partial charge in [-0.1, -0.05) is 6.07 Å². The predicted molar refractivity (Wildman–Crippen MR) is 69.8 cm³/mol. The minimum absolute atomic E-state index is 0.0721. The molecule has 0 aromatic heterocycles. The van der Waals surface area contributed by atoms with Crippen LogP contribution in [0.15, 0.2) is 6.07 Å². The van der Waals surface area contributed by atoms with Gasteiger partial charge >= 0.3 is 0 Å². The van der Waals surface area contributed by atoms with Gasteiger partial charge in [-0.25, -0.2) is 0 Å². The number of hydrogen-bond donors (Lipinski definition) is 2. The number of hydrogen-bond acceptors (Lipinski definition) is 3. The minimum atomic E-state index is -0.0721. The molecule has 0 atom stereocenters. The predicted octanol–water partition coefficient (Wildman–Crippen LogP) is 1.78. The average molecular weight is 236 g/mol. The molecule has 0 aliphatic carbocycles. The molecule has 0 aliphatic heterocycles. The maximum atomic E-state index is 11.6. The van der Waals surface area contributed by atoms with E-state index in [-0.39, 0.29) is 12.5 Å². The second kappa shape index (κ2) is 5.68. The van der Waals surface area contributed by atoms with Gasteiger partial charge in [-0.05, 0) is 44.5 Å². The van der Waals surface area contributed by atoms with Crippen molar-refractivity contribution in [2.75, 3.05) is 26.0 Å². The van der Waals surface area contributed by atoms with E-state index >= 15 is 0 Å². The summed E-state index contributed by atoms with van der Waals surface area (Å²) in [4.78, 5) is 11.6. The molecule has 4 nitrogen and oxygen atoms in total. The lowest BCUT2D eigenvalue weighted by atomic mass is 10.0. The molecule has 0 radical (unpaired) electrons. The summed E-state index contributed by atoms with van der Waals surface area (Å²) in [7, 11) is 3.36. The minimum Gasteiger partial charge on any atom is -0.494 e. The lowest BCUT2D eigenvalue weighted by Gasteiger charge is -2.17. The highest BCUT2D eigenvalue weighted by Gasteiger charge is 2.14. The number of rotatable bonds is 4. The van der Waals surface area contributed by atoms with E-state index in [0.717, 1.165) is 28.1 Å².